The molecule has 0 saturated heterocycles. The van der Waals surface area contributed by atoms with E-state index in [1.165, 1.54) is 0 Å². The third-order valence-corrected chi connectivity index (χ3v) is 2.53. The Bertz CT molecular complexity index is 445. The molecule has 0 aliphatic heterocycles. The Labute approximate surface area is 106 Å². The number of rotatable bonds is 6. The monoisotopic (exact) mass is 251 g/mol. The number of benzene rings is 1. The smallest absolute Gasteiger partial charge is 0.303 e. The summed E-state index contributed by atoms with van der Waals surface area (Å²) >= 11 is 0. The van der Waals surface area contributed by atoms with Crippen LogP contribution in [-0.2, 0) is 4.79 Å². The minimum atomic E-state index is -0.837. The first-order chi connectivity index (χ1) is 8.41. The normalized spacial score (nSPS) is 10.1. The summed E-state index contributed by atoms with van der Waals surface area (Å²) in [5, 5.41) is 8.51. The van der Waals surface area contributed by atoms with Gasteiger partial charge in [-0.3, -0.25) is 9.59 Å². The Morgan fingerprint density at radius 1 is 1.28 bits per heavy atom. The molecule has 0 aliphatic rings. The number of carboxylic acid groups (broad SMARTS) is 1. The van der Waals surface area contributed by atoms with E-state index in [2.05, 4.69) is 0 Å². The molecule has 0 atom stereocenters. The summed E-state index contributed by atoms with van der Waals surface area (Å²) in [6.07, 6.45) is 0.531. The van der Waals surface area contributed by atoms with Gasteiger partial charge in [-0.15, -0.1) is 0 Å². The van der Waals surface area contributed by atoms with E-state index in [1.54, 1.807) is 12.1 Å². The molecule has 3 N–H and O–H groups in total. The van der Waals surface area contributed by atoms with Crippen LogP contribution in [0.2, 0.25) is 0 Å². The lowest BCUT2D eigenvalue weighted by atomic mass is 10.1. The minimum Gasteiger partial charge on any atom is -0.493 e. The Morgan fingerprint density at radius 2 is 1.83 bits per heavy atom. The van der Waals surface area contributed by atoms with Gasteiger partial charge in [0.1, 0.15) is 5.75 Å². The maximum absolute atomic E-state index is 11.1. The fourth-order valence-electron chi connectivity index (χ4n) is 1.72. The van der Waals surface area contributed by atoms with E-state index in [9.17, 15) is 9.59 Å². The van der Waals surface area contributed by atoms with Crippen molar-refractivity contribution in [1.29, 1.82) is 0 Å². The second-order valence-corrected chi connectivity index (χ2v) is 4.15. The van der Waals surface area contributed by atoms with Crippen molar-refractivity contribution < 1.29 is 19.4 Å². The van der Waals surface area contributed by atoms with Gasteiger partial charge < -0.3 is 15.6 Å². The zero-order chi connectivity index (χ0) is 13.7. The molecule has 0 unspecified atom stereocenters. The lowest BCUT2D eigenvalue weighted by Gasteiger charge is -2.12. The number of carboxylic acids is 1. The molecule has 5 heteroatoms. The Kier molecular flexibility index (Phi) is 4.71. The lowest BCUT2D eigenvalue weighted by Crippen LogP contribution is -2.12. The van der Waals surface area contributed by atoms with Crippen molar-refractivity contribution in [3.05, 3.63) is 28.8 Å². The number of carbonyl (C=O) groups is 2. The molecule has 0 aliphatic carbocycles. The quantitative estimate of drug-likeness (QED) is 0.752. The van der Waals surface area contributed by atoms with Gasteiger partial charge in [-0.25, -0.2) is 0 Å². The van der Waals surface area contributed by atoms with Crippen molar-refractivity contribution in [1.82, 2.24) is 0 Å². The van der Waals surface area contributed by atoms with Gasteiger partial charge in [-0.05, 0) is 43.5 Å². The molecule has 0 radical (unpaired) electrons. The Balaban J connectivity index is 2.72. The van der Waals surface area contributed by atoms with E-state index in [0.717, 1.165) is 11.1 Å². The molecule has 98 valence electrons. The molecular formula is C13H17NO4. The highest BCUT2D eigenvalue weighted by Gasteiger charge is 2.09. The highest BCUT2D eigenvalue weighted by Crippen LogP contribution is 2.24. The molecule has 0 heterocycles. The highest BCUT2D eigenvalue weighted by atomic mass is 16.5. The van der Waals surface area contributed by atoms with Crippen molar-refractivity contribution in [2.75, 3.05) is 6.61 Å². The third kappa shape index (κ3) is 3.76. The van der Waals surface area contributed by atoms with Crippen molar-refractivity contribution >= 4 is 11.9 Å². The summed E-state index contributed by atoms with van der Waals surface area (Å²) in [7, 11) is 0. The van der Waals surface area contributed by atoms with Crippen molar-refractivity contribution in [3.63, 3.8) is 0 Å². The van der Waals surface area contributed by atoms with E-state index in [1.807, 2.05) is 13.8 Å². The molecule has 0 bridgehead atoms. The number of aliphatic carboxylic acids is 1. The van der Waals surface area contributed by atoms with Crippen molar-refractivity contribution in [2.24, 2.45) is 5.73 Å². The largest absolute Gasteiger partial charge is 0.493 e. The SMILES string of the molecule is Cc1cc(C(N)=O)cc(C)c1OCCCC(=O)O. The molecular weight excluding hydrogens is 234 g/mol. The fourth-order valence-corrected chi connectivity index (χ4v) is 1.72. The maximum Gasteiger partial charge on any atom is 0.303 e. The molecule has 1 aromatic carbocycles. The Hall–Kier alpha value is -2.04. The number of primary amides is 1. The molecule has 1 aromatic rings. The van der Waals surface area contributed by atoms with E-state index in [4.69, 9.17) is 15.6 Å². The van der Waals surface area contributed by atoms with Crippen molar-refractivity contribution in [3.8, 4) is 5.75 Å². The molecule has 5 nitrogen and oxygen atoms in total. The summed E-state index contributed by atoms with van der Waals surface area (Å²) in [4.78, 5) is 21.4. The van der Waals surface area contributed by atoms with Crippen LogP contribution in [0.25, 0.3) is 0 Å². The third-order valence-electron chi connectivity index (χ3n) is 2.53. The molecule has 0 spiro atoms. The number of aryl methyl sites for hydroxylation is 2. The molecule has 0 fully saturated rings. The van der Waals surface area contributed by atoms with Crippen LogP contribution in [0.15, 0.2) is 12.1 Å². The second kappa shape index (κ2) is 6.05. The van der Waals surface area contributed by atoms with E-state index in [0.29, 0.717) is 24.3 Å². The minimum absolute atomic E-state index is 0.0808. The van der Waals surface area contributed by atoms with Gasteiger partial charge >= 0.3 is 5.97 Å². The number of nitrogens with two attached hydrogens (primary N) is 1. The van der Waals surface area contributed by atoms with Crippen LogP contribution in [0.4, 0.5) is 0 Å². The van der Waals surface area contributed by atoms with Crippen LogP contribution in [0.3, 0.4) is 0 Å². The summed E-state index contributed by atoms with van der Waals surface area (Å²) in [6, 6.07) is 3.34. The lowest BCUT2D eigenvalue weighted by molar-refractivity contribution is -0.137. The topological polar surface area (TPSA) is 89.6 Å². The Morgan fingerprint density at radius 3 is 2.28 bits per heavy atom. The van der Waals surface area contributed by atoms with Gasteiger partial charge in [0, 0.05) is 12.0 Å². The van der Waals surface area contributed by atoms with E-state index < -0.39 is 11.9 Å². The summed E-state index contributed by atoms with van der Waals surface area (Å²) in [5.74, 6) is -0.625. The van der Waals surface area contributed by atoms with Crippen LogP contribution >= 0.6 is 0 Å². The van der Waals surface area contributed by atoms with Gasteiger partial charge in [-0.2, -0.15) is 0 Å². The predicted octanol–water partition coefficient (Wildman–Crippen LogP) is 1.65. The van der Waals surface area contributed by atoms with Crippen LogP contribution < -0.4 is 10.5 Å². The second-order valence-electron chi connectivity index (χ2n) is 4.15. The van der Waals surface area contributed by atoms with Gasteiger partial charge in [-0.1, -0.05) is 0 Å². The van der Waals surface area contributed by atoms with Gasteiger partial charge in [0.2, 0.25) is 5.91 Å². The zero-order valence-corrected chi connectivity index (χ0v) is 10.5. The number of amides is 1. The number of hydrogen-bond acceptors (Lipinski definition) is 3. The van der Waals surface area contributed by atoms with Crippen LogP contribution in [-0.4, -0.2) is 23.6 Å². The summed E-state index contributed by atoms with van der Waals surface area (Å²) < 4.78 is 5.54. The first-order valence-corrected chi connectivity index (χ1v) is 5.67. The zero-order valence-electron chi connectivity index (χ0n) is 10.5. The highest BCUT2D eigenvalue weighted by molar-refractivity contribution is 5.93. The van der Waals surface area contributed by atoms with Gasteiger partial charge in [0.25, 0.3) is 0 Å². The van der Waals surface area contributed by atoms with Crippen LogP contribution in [0.5, 0.6) is 5.75 Å². The van der Waals surface area contributed by atoms with Crippen molar-refractivity contribution in [2.45, 2.75) is 26.7 Å². The summed E-state index contributed by atoms with van der Waals surface area (Å²) in [6.45, 7) is 3.99. The molecule has 18 heavy (non-hydrogen) atoms. The molecule has 1 rings (SSSR count). The van der Waals surface area contributed by atoms with Gasteiger partial charge in [0.15, 0.2) is 0 Å². The summed E-state index contributed by atoms with van der Waals surface area (Å²) in [5.41, 5.74) is 7.30. The standard InChI is InChI=1S/C13H17NO4/c1-8-6-10(13(14)17)7-9(2)12(8)18-5-3-4-11(15)16/h6-7H,3-5H2,1-2H3,(H2,14,17)(H,15,16). The molecule has 0 saturated carbocycles. The number of hydrogen-bond donors (Lipinski definition) is 2. The number of ether oxygens (including phenoxy) is 1. The first-order valence-electron chi connectivity index (χ1n) is 5.67. The predicted molar refractivity (Wildman–Crippen MR) is 66.8 cm³/mol. The maximum atomic E-state index is 11.1. The average Bonchev–Trinajstić information content (AvgIpc) is 2.26. The van der Waals surface area contributed by atoms with Crippen LogP contribution in [0.1, 0.15) is 34.3 Å². The van der Waals surface area contributed by atoms with Crippen LogP contribution in [0, 0.1) is 13.8 Å². The average molecular weight is 251 g/mol. The van der Waals surface area contributed by atoms with E-state index in [-0.39, 0.29) is 6.42 Å². The molecule has 0 aromatic heterocycles. The fraction of sp³-hybridized carbons (Fsp3) is 0.385. The van der Waals surface area contributed by atoms with E-state index >= 15 is 0 Å². The number of carbonyl (C=O) groups excluding carboxylic acids is 1. The molecule has 1 amide bonds. The van der Waals surface area contributed by atoms with Gasteiger partial charge in [0.05, 0.1) is 6.61 Å². The first kappa shape index (κ1) is 14.0.